The van der Waals surface area contributed by atoms with Crippen molar-refractivity contribution in [3.8, 4) is 5.75 Å². The van der Waals surface area contributed by atoms with E-state index in [2.05, 4.69) is 5.32 Å². The van der Waals surface area contributed by atoms with Crippen molar-refractivity contribution in [1.29, 1.82) is 0 Å². The van der Waals surface area contributed by atoms with Gasteiger partial charge in [0.15, 0.2) is 5.78 Å². The maximum atomic E-state index is 12.4. The van der Waals surface area contributed by atoms with Gasteiger partial charge in [0.2, 0.25) is 5.91 Å². The van der Waals surface area contributed by atoms with Crippen LogP contribution in [0.3, 0.4) is 0 Å². The third-order valence-electron chi connectivity index (χ3n) is 4.07. The smallest absolute Gasteiger partial charge is 0.224 e. The fourth-order valence-electron chi connectivity index (χ4n) is 2.75. The number of rotatable bonds is 6. The summed E-state index contributed by atoms with van der Waals surface area (Å²) in [6.45, 7) is 0. The molecular formula is C21H18ClNO3. The van der Waals surface area contributed by atoms with E-state index >= 15 is 0 Å². The van der Waals surface area contributed by atoms with E-state index in [1.54, 1.807) is 18.2 Å². The van der Waals surface area contributed by atoms with E-state index in [4.69, 9.17) is 16.3 Å². The molecule has 0 saturated carbocycles. The first-order valence-corrected chi connectivity index (χ1v) is 8.60. The van der Waals surface area contributed by atoms with E-state index in [0.29, 0.717) is 22.0 Å². The summed E-state index contributed by atoms with van der Waals surface area (Å²) in [7, 11) is 1.49. The second-order valence-corrected chi connectivity index (χ2v) is 6.31. The number of halogens is 1. The van der Waals surface area contributed by atoms with Crippen LogP contribution in [-0.4, -0.2) is 18.8 Å². The van der Waals surface area contributed by atoms with Gasteiger partial charge in [-0.05, 0) is 41.1 Å². The first-order valence-electron chi connectivity index (χ1n) is 8.22. The first-order chi connectivity index (χ1) is 12.6. The molecule has 132 valence electrons. The van der Waals surface area contributed by atoms with Crippen LogP contribution in [0.25, 0.3) is 10.8 Å². The molecule has 0 fully saturated rings. The second kappa shape index (κ2) is 8.02. The van der Waals surface area contributed by atoms with Crippen LogP contribution in [0, 0.1) is 0 Å². The number of benzene rings is 3. The molecule has 1 amide bonds. The van der Waals surface area contributed by atoms with Gasteiger partial charge in [0.05, 0.1) is 12.7 Å². The summed E-state index contributed by atoms with van der Waals surface area (Å²) in [4.78, 5) is 24.6. The lowest BCUT2D eigenvalue weighted by molar-refractivity contribution is -0.116. The number of carbonyl (C=O) groups excluding carboxylic acids is 2. The van der Waals surface area contributed by atoms with Gasteiger partial charge in [-0.3, -0.25) is 9.59 Å². The Hall–Kier alpha value is -2.85. The number of anilines is 1. The van der Waals surface area contributed by atoms with Gasteiger partial charge < -0.3 is 10.1 Å². The van der Waals surface area contributed by atoms with Gasteiger partial charge in [0.1, 0.15) is 5.75 Å². The zero-order chi connectivity index (χ0) is 18.5. The number of methoxy groups -OCH3 is 1. The molecule has 3 rings (SSSR count). The van der Waals surface area contributed by atoms with Crippen molar-refractivity contribution in [1.82, 2.24) is 0 Å². The van der Waals surface area contributed by atoms with Crippen molar-refractivity contribution < 1.29 is 14.3 Å². The van der Waals surface area contributed by atoms with Crippen LogP contribution in [0.1, 0.15) is 23.2 Å². The third-order valence-corrected chi connectivity index (χ3v) is 4.31. The van der Waals surface area contributed by atoms with Gasteiger partial charge >= 0.3 is 0 Å². The molecule has 0 spiro atoms. The topological polar surface area (TPSA) is 55.4 Å². The molecule has 0 atom stereocenters. The molecule has 0 aliphatic carbocycles. The van der Waals surface area contributed by atoms with Gasteiger partial charge in [-0.2, -0.15) is 0 Å². The van der Waals surface area contributed by atoms with Crippen molar-refractivity contribution in [2.45, 2.75) is 12.8 Å². The molecule has 26 heavy (non-hydrogen) atoms. The van der Waals surface area contributed by atoms with Gasteiger partial charge in [0.25, 0.3) is 0 Å². The molecule has 0 bridgehead atoms. The zero-order valence-electron chi connectivity index (χ0n) is 14.3. The second-order valence-electron chi connectivity index (χ2n) is 5.88. The third kappa shape index (κ3) is 4.21. The van der Waals surface area contributed by atoms with E-state index < -0.39 is 0 Å². The standard InChI is InChI=1S/C21H18ClNO3/c1-26-20-10-7-16(22)13-18(20)19(24)9-11-21(25)23-17-8-6-14-4-2-3-5-15(14)12-17/h2-8,10,12-13H,9,11H2,1H3,(H,23,25). The molecule has 0 aliphatic rings. The monoisotopic (exact) mass is 367 g/mol. The van der Waals surface area contributed by atoms with Crippen LogP contribution in [0.5, 0.6) is 5.75 Å². The van der Waals surface area contributed by atoms with Crippen LogP contribution < -0.4 is 10.1 Å². The number of ether oxygens (including phenoxy) is 1. The molecular weight excluding hydrogens is 350 g/mol. The molecule has 0 saturated heterocycles. The van der Waals surface area contributed by atoms with Crippen molar-refractivity contribution in [2.24, 2.45) is 0 Å². The fraction of sp³-hybridized carbons (Fsp3) is 0.143. The largest absolute Gasteiger partial charge is 0.496 e. The molecule has 0 aliphatic heterocycles. The number of ketones is 1. The van der Waals surface area contributed by atoms with Crippen molar-refractivity contribution >= 4 is 39.8 Å². The van der Waals surface area contributed by atoms with E-state index in [-0.39, 0.29) is 24.5 Å². The molecule has 0 radical (unpaired) electrons. The highest BCUT2D eigenvalue weighted by molar-refractivity contribution is 6.31. The molecule has 0 unspecified atom stereocenters. The Morgan fingerprint density at radius 1 is 0.962 bits per heavy atom. The number of carbonyl (C=O) groups is 2. The van der Waals surface area contributed by atoms with E-state index in [0.717, 1.165) is 10.8 Å². The SMILES string of the molecule is COc1ccc(Cl)cc1C(=O)CCC(=O)Nc1ccc2ccccc2c1. The Bertz CT molecular complexity index is 968. The Morgan fingerprint density at radius 3 is 2.50 bits per heavy atom. The van der Waals surface area contributed by atoms with Crippen LogP contribution in [0.2, 0.25) is 5.02 Å². The number of nitrogens with one attached hydrogen (secondary N) is 1. The summed E-state index contributed by atoms with van der Waals surface area (Å²) in [5, 5.41) is 5.44. The van der Waals surface area contributed by atoms with Crippen molar-refractivity contribution in [3.63, 3.8) is 0 Å². The van der Waals surface area contributed by atoms with Gasteiger partial charge in [-0.15, -0.1) is 0 Å². The van der Waals surface area contributed by atoms with Gasteiger partial charge in [-0.1, -0.05) is 41.9 Å². The Labute approximate surface area is 156 Å². The van der Waals surface area contributed by atoms with E-state index in [9.17, 15) is 9.59 Å². The Balaban J connectivity index is 1.63. The van der Waals surface area contributed by atoms with Crippen LogP contribution in [0.15, 0.2) is 60.7 Å². The summed E-state index contributed by atoms with van der Waals surface area (Å²) in [5.41, 5.74) is 1.10. The maximum Gasteiger partial charge on any atom is 0.224 e. The molecule has 4 nitrogen and oxygen atoms in total. The molecule has 0 aromatic heterocycles. The number of fused-ring (bicyclic) bond motifs is 1. The minimum absolute atomic E-state index is 0.0795. The predicted molar refractivity (Wildman–Crippen MR) is 104 cm³/mol. The van der Waals surface area contributed by atoms with E-state index in [1.807, 2.05) is 42.5 Å². The molecule has 5 heteroatoms. The van der Waals surface area contributed by atoms with Crippen molar-refractivity contribution in [3.05, 3.63) is 71.2 Å². The summed E-state index contributed by atoms with van der Waals surface area (Å²) < 4.78 is 5.18. The number of Topliss-reactive ketones (excluding diaryl/α,β-unsaturated/α-hetero) is 1. The molecule has 0 heterocycles. The number of hydrogen-bond donors (Lipinski definition) is 1. The lowest BCUT2D eigenvalue weighted by Gasteiger charge is -2.09. The lowest BCUT2D eigenvalue weighted by atomic mass is 10.1. The fourth-order valence-corrected chi connectivity index (χ4v) is 2.92. The summed E-state index contributed by atoms with van der Waals surface area (Å²) in [5.74, 6) is 0.0574. The average Bonchev–Trinajstić information content (AvgIpc) is 2.66. The van der Waals surface area contributed by atoms with E-state index in [1.165, 1.54) is 7.11 Å². The summed E-state index contributed by atoms with van der Waals surface area (Å²) in [6.07, 6.45) is 0.164. The predicted octanol–water partition coefficient (Wildman–Crippen LogP) is 5.10. The van der Waals surface area contributed by atoms with Gasteiger partial charge in [0, 0.05) is 23.6 Å². The first kappa shape index (κ1) is 18.0. The summed E-state index contributed by atoms with van der Waals surface area (Å²) >= 11 is 5.95. The quantitative estimate of drug-likeness (QED) is 0.616. The average molecular weight is 368 g/mol. The highest BCUT2D eigenvalue weighted by atomic mass is 35.5. The molecule has 3 aromatic carbocycles. The normalized spacial score (nSPS) is 10.5. The number of hydrogen-bond acceptors (Lipinski definition) is 3. The number of amides is 1. The van der Waals surface area contributed by atoms with Crippen LogP contribution in [-0.2, 0) is 4.79 Å². The summed E-state index contributed by atoms with van der Waals surface area (Å²) in [6, 6.07) is 18.5. The van der Waals surface area contributed by atoms with Crippen LogP contribution >= 0.6 is 11.6 Å². The molecule has 1 N–H and O–H groups in total. The van der Waals surface area contributed by atoms with Crippen LogP contribution in [0.4, 0.5) is 5.69 Å². The Kier molecular flexibility index (Phi) is 5.54. The highest BCUT2D eigenvalue weighted by Crippen LogP contribution is 2.24. The highest BCUT2D eigenvalue weighted by Gasteiger charge is 2.15. The maximum absolute atomic E-state index is 12.4. The zero-order valence-corrected chi connectivity index (χ0v) is 15.0. The minimum Gasteiger partial charge on any atom is -0.496 e. The van der Waals surface area contributed by atoms with Gasteiger partial charge in [-0.25, -0.2) is 0 Å². The van der Waals surface area contributed by atoms with Crippen molar-refractivity contribution in [2.75, 3.05) is 12.4 Å². The minimum atomic E-state index is -0.213. The lowest BCUT2D eigenvalue weighted by Crippen LogP contribution is -2.13. The Morgan fingerprint density at radius 2 is 1.73 bits per heavy atom. The molecule has 3 aromatic rings.